The van der Waals surface area contributed by atoms with Crippen molar-refractivity contribution in [1.29, 1.82) is 0 Å². The SMILES string of the molecule is CCc1ccc(C(CNC(=O)C2(S(C)(=O)=O)CCNCC2)N(C)C)cc1. The van der Waals surface area contributed by atoms with Crippen LogP contribution in [0.25, 0.3) is 0 Å². The number of benzene rings is 1. The predicted octanol–water partition coefficient (Wildman–Crippen LogP) is 1.13. The van der Waals surface area contributed by atoms with E-state index in [0.29, 0.717) is 32.5 Å². The van der Waals surface area contributed by atoms with Crippen LogP contribution in [0.2, 0.25) is 0 Å². The van der Waals surface area contributed by atoms with Crippen LogP contribution >= 0.6 is 0 Å². The zero-order valence-electron chi connectivity index (χ0n) is 16.2. The van der Waals surface area contributed by atoms with Crippen molar-refractivity contribution in [3.8, 4) is 0 Å². The fourth-order valence-electron chi connectivity index (χ4n) is 3.52. The first-order valence-electron chi connectivity index (χ1n) is 9.15. The maximum atomic E-state index is 12.9. The van der Waals surface area contributed by atoms with E-state index in [0.717, 1.165) is 12.0 Å². The lowest BCUT2D eigenvalue weighted by molar-refractivity contribution is -0.124. The summed E-state index contributed by atoms with van der Waals surface area (Å²) in [6.45, 7) is 3.57. The number of piperidine rings is 1. The highest BCUT2D eigenvalue weighted by atomic mass is 32.2. The normalized spacial score (nSPS) is 18.5. The lowest BCUT2D eigenvalue weighted by Gasteiger charge is -2.35. The van der Waals surface area contributed by atoms with Crippen molar-refractivity contribution in [2.75, 3.05) is 40.0 Å². The van der Waals surface area contributed by atoms with Gasteiger partial charge < -0.3 is 15.5 Å². The van der Waals surface area contributed by atoms with Gasteiger partial charge in [0.05, 0.1) is 6.04 Å². The first-order valence-corrected chi connectivity index (χ1v) is 11.0. The number of carbonyl (C=O) groups is 1. The number of rotatable bonds is 7. The highest BCUT2D eigenvalue weighted by Gasteiger charge is 2.48. The molecule has 7 heteroatoms. The maximum absolute atomic E-state index is 12.9. The van der Waals surface area contributed by atoms with Crippen molar-refractivity contribution in [3.05, 3.63) is 35.4 Å². The Labute approximate surface area is 157 Å². The molecule has 1 aliphatic rings. The average Bonchev–Trinajstić information content (AvgIpc) is 2.61. The number of amides is 1. The number of hydrogen-bond acceptors (Lipinski definition) is 5. The third kappa shape index (κ3) is 4.45. The van der Waals surface area contributed by atoms with Gasteiger partial charge in [-0.25, -0.2) is 8.42 Å². The number of carbonyl (C=O) groups excluding carboxylic acids is 1. The van der Waals surface area contributed by atoms with E-state index < -0.39 is 14.6 Å². The van der Waals surface area contributed by atoms with Gasteiger partial charge in [-0.05, 0) is 57.6 Å². The van der Waals surface area contributed by atoms with E-state index >= 15 is 0 Å². The minimum Gasteiger partial charge on any atom is -0.353 e. The van der Waals surface area contributed by atoms with Crippen molar-refractivity contribution in [2.24, 2.45) is 0 Å². The Morgan fingerprint density at radius 1 is 1.23 bits per heavy atom. The van der Waals surface area contributed by atoms with Crippen LogP contribution in [0.1, 0.15) is 36.9 Å². The third-order valence-electron chi connectivity index (χ3n) is 5.39. The number of sulfone groups is 1. The molecule has 0 spiro atoms. The maximum Gasteiger partial charge on any atom is 0.241 e. The standard InChI is InChI=1S/C19H31N3O3S/c1-5-15-6-8-16(9-7-15)17(22(2)3)14-21-18(23)19(26(4,24)25)10-12-20-13-11-19/h6-9,17,20H,5,10-14H2,1-4H3,(H,21,23). The Bertz CT molecular complexity index is 708. The van der Waals surface area contributed by atoms with Gasteiger partial charge in [0.2, 0.25) is 5.91 Å². The molecule has 6 nitrogen and oxygen atoms in total. The zero-order valence-corrected chi connectivity index (χ0v) is 17.0. The van der Waals surface area contributed by atoms with Crippen LogP contribution in [-0.2, 0) is 21.1 Å². The number of likely N-dealkylation sites (N-methyl/N-ethyl adjacent to an activating group) is 1. The second-order valence-electron chi connectivity index (χ2n) is 7.30. The van der Waals surface area contributed by atoms with Crippen LogP contribution in [0.3, 0.4) is 0 Å². The second kappa shape index (κ2) is 8.50. The Kier molecular flexibility index (Phi) is 6.82. The molecule has 0 aromatic heterocycles. The van der Waals surface area contributed by atoms with Gasteiger partial charge in [0.25, 0.3) is 0 Å². The minimum absolute atomic E-state index is 0.0109. The fourth-order valence-corrected chi connectivity index (χ4v) is 4.88. The Balaban J connectivity index is 2.15. The molecule has 1 aliphatic heterocycles. The summed E-state index contributed by atoms with van der Waals surface area (Å²) >= 11 is 0. The van der Waals surface area contributed by atoms with Crippen molar-refractivity contribution in [3.63, 3.8) is 0 Å². The highest BCUT2D eigenvalue weighted by Crippen LogP contribution is 2.28. The summed E-state index contributed by atoms with van der Waals surface area (Å²) in [7, 11) is 0.425. The summed E-state index contributed by atoms with van der Waals surface area (Å²) in [6, 6.07) is 8.33. The molecular formula is C19H31N3O3S. The lowest BCUT2D eigenvalue weighted by Crippen LogP contribution is -2.58. The van der Waals surface area contributed by atoms with Gasteiger partial charge in [-0.3, -0.25) is 4.79 Å². The summed E-state index contributed by atoms with van der Waals surface area (Å²) in [4.78, 5) is 14.9. The van der Waals surface area contributed by atoms with Crippen LogP contribution in [0.4, 0.5) is 0 Å². The first-order chi connectivity index (χ1) is 12.2. The number of nitrogens with zero attached hydrogens (tertiary/aromatic N) is 1. The van der Waals surface area contributed by atoms with E-state index in [2.05, 4.69) is 41.8 Å². The van der Waals surface area contributed by atoms with E-state index in [1.165, 1.54) is 11.8 Å². The number of aryl methyl sites for hydroxylation is 1. The molecule has 0 bridgehead atoms. The Hall–Kier alpha value is -1.44. The van der Waals surface area contributed by atoms with E-state index in [-0.39, 0.29) is 11.9 Å². The van der Waals surface area contributed by atoms with Crippen molar-refractivity contribution in [1.82, 2.24) is 15.5 Å². The minimum atomic E-state index is -3.49. The van der Waals surface area contributed by atoms with Gasteiger partial charge in [0, 0.05) is 12.8 Å². The summed E-state index contributed by atoms with van der Waals surface area (Å²) in [5, 5.41) is 6.05. The summed E-state index contributed by atoms with van der Waals surface area (Å²) < 4.78 is 23.4. The zero-order chi connectivity index (χ0) is 19.4. The highest BCUT2D eigenvalue weighted by molar-refractivity contribution is 7.92. The third-order valence-corrected chi connectivity index (χ3v) is 7.40. The van der Waals surface area contributed by atoms with Gasteiger partial charge in [-0.15, -0.1) is 0 Å². The molecule has 2 N–H and O–H groups in total. The molecule has 1 unspecified atom stereocenters. The van der Waals surface area contributed by atoms with Gasteiger partial charge in [-0.1, -0.05) is 31.2 Å². The van der Waals surface area contributed by atoms with E-state index in [4.69, 9.17) is 0 Å². The molecular weight excluding hydrogens is 350 g/mol. The second-order valence-corrected chi connectivity index (χ2v) is 9.63. The fraction of sp³-hybridized carbons (Fsp3) is 0.632. The smallest absolute Gasteiger partial charge is 0.241 e. The van der Waals surface area contributed by atoms with Gasteiger partial charge >= 0.3 is 0 Å². The van der Waals surface area contributed by atoms with E-state index in [1.54, 1.807) is 0 Å². The molecule has 1 aromatic carbocycles. The monoisotopic (exact) mass is 381 g/mol. The van der Waals surface area contributed by atoms with Crippen molar-refractivity contribution >= 4 is 15.7 Å². The predicted molar refractivity (Wildman–Crippen MR) is 105 cm³/mol. The molecule has 1 heterocycles. The molecule has 26 heavy (non-hydrogen) atoms. The molecule has 0 saturated carbocycles. The van der Waals surface area contributed by atoms with Gasteiger partial charge in [0.15, 0.2) is 14.6 Å². The van der Waals surface area contributed by atoms with Crippen LogP contribution in [0.5, 0.6) is 0 Å². The summed E-state index contributed by atoms with van der Waals surface area (Å²) in [5.41, 5.74) is 2.37. The van der Waals surface area contributed by atoms with Crippen molar-refractivity contribution in [2.45, 2.75) is 37.0 Å². The molecule has 1 atom stereocenters. The molecule has 146 valence electrons. The molecule has 1 aromatic rings. The molecule has 1 fully saturated rings. The molecule has 2 rings (SSSR count). The van der Waals surface area contributed by atoms with E-state index in [1.807, 2.05) is 19.0 Å². The van der Waals surface area contributed by atoms with Crippen LogP contribution in [0.15, 0.2) is 24.3 Å². The molecule has 1 amide bonds. The van der Waals surface area contributed by atoms with E-state index in [9.17, 15) is 13.2 Å². The molecule has 0 radical (unpaired) electrons. The number of nitrogens with one attached hydrogen (secondary N) is 2. The number of hydrogen-bond donors (Lipinski definition) is 2. The van der Waals surface area contributed by atoms with Crippen molar-refractivity contribution < 1.29 is 13.2 Å². The van der Waals surface area contributed by atoms with Crippen LogP contribution in [-0.4, -0.2) is 64.0 Å². The average molecular weight is 382 g/mol. The topological polar surface area (TPSA) is 78.5 Å². The first kappa shape index (κ1) is 20.9. The largest absolute Gasteiger partial charge is 0.353 e. The Morgan fingerprint density at radius 2 is 1.81 bits per heavy atom. The summed E-state index contributed by atoms with van der Waals surface area (Å²) in [6.07, 6.45) is 2.78. The quantitative estimate of drug-likeness (QED) is 0.740. The Morgan fingerprint density at radius 3 is 2.27 bits per heavy atom. The summed E-state index contributed by atoms with van der Waals surface area (Å²) in [5.74, 6) is -0.376. The van der Waals surface area contributed by atoms with Crippen LogP contribution < -0.4 is 10.6 Å². The lowest BCUT2D eigenvalue weighted by atomic mass is 9.95. The molecule has 0 aliphatic carbocycles. The van der Waals surface area contributed by atoms with Gasteiger partial charge in [0.1, 0.15) is 0 Å². The molecule has 1 saturated heterocycles. The van der Waals surface area contributed by atoms with Crippen LogP contribution in [0, 0.1) is 0 Å². The van der Waals surface area contributed by atoms with Gasteiger partial charge in [-0.2, -0.15) is 0 Å².